The number of amides is 1. The normalized spacial score (nSPS) is 38.3. The van der Waals surface area contributed by atoms with Crippen LogP contribution in [0, 0.1) is 51.2 Å². The molecule has 1 heterocycles. The number of carboxylic acids is 1. The minimum Gasteiger partial charge on any atom is -0.478 e. The van der Waals surface area contributed by atoms with Gasteiger partial charge in [0.05, 0.1) is 12.1 Å². The number of hydrogen-bond acceptors (Lipinski definition) is 5. The number of thiophene rings is 1. The highest BCUT2D eigenvalue weighted by Gasteiger charge is 2.70. The van der Waals surface area contributed by atoms with Gasteiger partial charge in [0.15, 0.2) is 0 Å². The molecule has 4 saturated carbocycles. The zero-order valence-corrected chi connectivity index (χ0v) is 32.8. The van der Waals surface area contributed by atoms with Crippen molar-refractivity contribution in [3.05, 3.63) is 71.1 Å². The number of carboxylic acid groups (broad SMARTS) is 1. The zero-order chi connectivity index (χ0) is 36.8. The van der Waals surface area contributed by atoms with Crippen LogP contribution >= 0.6 is 11.3 Å². The minimum atomic E-state index is -3.73. The van der Waals surface area contributed by atoms with Crippen molar-refractivity contribution < 1.29 is 23.1 Å². The lowest BCUT2D eigenvalue weighted by Crippen LogP contribution is -2.68. The number of allylic oxidation sites excluding steroid dienone is 3. The maximum absolute atomic E-state index is 13.6. The summed E-state index contributed by atoms with van der Waals surface area (Å²) in [5, 5.41) is 14.7. The van der Waals surface area contributed by atoms with Crippen LogP contribution in [0.25, 0.3) is 5.57 Å². The molecule has 3 N–H and O–H groups in total. The minimum absolute atomic E-state index is 0.0512. The molecule has 0 radical (unpaired) electrons. The Morgan fingerprint density at radius 3 is 2.29 bits per heavy atom. The lowest BCUT2D eigenvalue weighted by atomic mass is 9.33. The summed E-state index contributed by atoms with van der Waals surface area (Å²) in [5.41, 5.74) is 3.97. The highest BCUT2D eigenvalue weighted by Crippen LogP contribution is 2.76. The summed E-state index contributed by atoms with van der Waals surface area (Å²) < 4.78 is 28.4. The van der Waals surface area contributed by atoms with Gasteiger partial charge in [-0.3, -0.25) is 4.79 Å². The van der Waals surface area contributed by atoms with Gasteiger partial charge in [-0.25, -0.2) is 17.9 Å². The van der Waals surface area contributed by atoms with Crippen molar-refractivity contribution >= 4 is 38.8 Å². The first kappa shape index (κ1) is 36.6. The average molecular weight is 733 g/mol. The largest absolute Gasteiger partial charge is 0.478 e. The lowest BCUT2D eigenvalue weighted by Gasteiger charge is -2.72. The fourth-order valence-electron chi connectivity index (χ4n) is 13.2. The molecule has 1 amide bonds. The highest BCUT2D eigenvalue weighted by molar-refractivity contribution is 7.91. The van der Waals surface area contributed by atoms with Crippen molar-refractivity contribution in [2.45, 2.75) is 109 Å². The molecule has 0 bridgehead atoms. The second-order valence-electron chi connectivity index (χ2n) is 18.1. The monoisotopic (exact) mass is 732 g/mol. The lowest BCUT2D eigenvalue weighted by molar-refractivity contribution is -0.219. The third kappa shape index (κ3) is 5.53. The van der Waals surface area contributed by atoms with E-state index in [9.17, 15) is 23.1 Å². The van der Waals surface area contributed by atoms with E-state index in [0.717, 1.165) is 61.8 Å². The van der Waals surface area contributed by atoms with Gasteiger partial charge < -0.3 is 10.4 Å². The van der Waals surface area contributed by atoms with Gasteiger partial charge in [-0.2, -0.15) is 0 Å². The second-order valence-corrected chi connectivity index (χ2v) is 21.0. The zero-order valence-electron chi connectivity index (χ0n) is 31.2. The Kier molecular flexibility index (Phi) is 8.91. The predicted octanol–water partition coefficient (Wildman–Crippen LogP) is 8.94. The molecule has 5 aliphatic carbocycles. The quantitative estimate of drug-likeness (QED) is 0.235. The van der Waals surface area contributed by atoms with Gasteiger partial charge in [-0.1, -0.05) is 71.0 Å². The van der Waals surface area contributed by atoms with Crippen molar-refractivity contribution in [2.75, 3.05) is 6.54 Å². The van der Waals surface area contributed by atoms with Crippen molar-refractivity contribution in [2.24, 2.45) is 51.2 Å². The number of hydrogen-bond donors (Lipinski definition) is 3. The maximum Gasteiger partial charge on any atom is 0.335 e. The van der Waals surface area contributed by atoms with E-state index in [2.05, 4.69) is 64.2 Å². The van der Waals surface area contributed by atoms with Gasteiger partial charge in [0.2, 0.25) is 5.91 Å². The molecule has 276 valence electrons. The predicted molar refractivity (Wildman–Crippen MR) is 204 cm³/mol. The molecule has 0 spiro atoms. The highest BCUT2D eigenvalue weighted by atomic mass is 32.2. The Hall–Kier alpha value is -2.75. The molecule has 0 aliphatic heterocycles. The number of nitrogens with one attached hydrogen (secondary N) is 2. The number of carbonyl (C=O) groups is 2. The van der Waals surface area contributed by atoms with Gasteiger partial charge in [0, 0.05) is 5.54 Å². The van der Waals surface area contributed by atoms with Gasteiger partial charge in [0.25, 0.3) is 10.0 Å². The number of benzene rings is 1. The molecular weight excluding hydrogens is 677 g/mol. The van der Waals surface area contributed by atoms with Crippen molar-refractivity contribution in [3.63, 3.8) is 0 Å². The van der Waals surface area contributed by atoms with Crippen molar-refractivity contribution in [1.29, 1.82) is 0 Å². The molecule has 9 heteroatoms. The summed E-state index contributed by atoms with van der Waals surface area (Å²) in [4.78, 5) is 25.2. The number of rotatable bonds is 8. The van der Waals surface area contributed by atoms with Crippen LogP contribution in [-0.4, -0.2) is 37.5 Å². The fourth-order valence-corrected chi connectivity index (χ4v) is 15.2. The van der Waals surface area contributed by atoms with Crippen LogP contribution in [0.4, 0.5) is 0 Å². The summed E-state index contributed by atoms with van der Waals surface area (Å²) in [6.45, 7) is 19.0. The topological polar surface area (TPSA) is 113 Å². The van der Waals surface area contributed by atoms with Crippen LogP contribution in [0.3, 0.4) is 0 Å². The first-order valence-corrected chi connectivity index (χ1v) is 21.3. The summed E-state index contributed by atoms with van der Waals surface area (Å²) in [6.07, 6.45) is 12.0. The number of aromatic carboxylic acids is 1. The van der Waals surface area contributed by atoms with Gasteiger partial charge >= 0.3 is 5.97 Å². The molecule has 4 fully saturated rings. The van der Waals surface area contributed by atoms with Crippen LogP contribution < -0.4 is 10.0 Å². The Morgan fingerprint density at radius 2 is 1.65 bits per heavy atom. The van der Waals surface area contributed by atoms with E-state index in [0.29, 0.717) is 29.2 Å². The maximum atomic E-state index is 13.6. The molecule has 7 nitrogen and oxygen atoms in total. The Balaban J connectivity index is 1.16. The molecule has 0 saturated heterocycles. The van der Waals surface area contributed by atoms with E-state index in [1.54, 1.807) is 29.6 Å². The third-order valence-electron chi connectivity index (χ3n) is 15.7. The van der Waals surface area contributed by atoms with Crippen LogP contribution in [-0.2, 0) is 14.8 Å². The van der Waals surface area contributed by atoms with Gasteiger partial charge in [-0.15, -0.1) is 11.3 Å². The van der Waals surface area contributed by atoms with E-state index in [-0.39, 0.29) is 49.8 Å². The van der Waals surface area contributed by atoms with E-state index < -0.39 is 16.0 Å². The Bertz CT molecular complexity index is 1870. The molecular formula is C42H56N2O5S2. The van der Waals surface area contributed by atoms with E-state index in [1.165, 1.54) is 24.0 Å². The number of fused-ring (bicyclic) bond motifs is 7. The fraction of sp³-hybridized carbons (Fsp3) is 0.619. The second kappa shape index (κ2) is 12.4. The summed E-state index contributed by atoms with van der Waals surface area (Å²) in [5.74, 6) is 0.980. The Labute approximate surface area is 308 Å². The SMILES string of the molecule is C=C(C)[C@@H]1CC[C@]2(NC(=O)CNS(=O)(=O)c3cccs3)CC[C@]3(C)[C@H](CC[C@@H]4[C@@]5(C)CC=C(c6ccc(C(=O)O)cc6)C(C)(C)[C@@H]5CC[C@]43C)[C@@H]12. The average Bonchev–Trinajstić information content (AvgIpc) is 3.74. The van der Waals surface area contributed by atoms with E-state index >= 15 is 0 Å². The standard InChI is InChI=1S/C42H56N2O5S2/c1-26(2)29-16-21-42(44-34(45)25-43-51(48,49)35-9-8-24-50-35)23-22-40(6)31(36(29)42)14-15-33-39(5)19-17-30(27-10-12-28(13-11-27)37(46)47)38(3,4)32(39)18-20-41(33,40)7/h8-13,17,24,29,31-33,36,43H,1,14-16,18-23,25H2,2-7H3,(H,44,45)(H,46,47)/t29-,31+,32-,33+,36+,39-,40+,41+,42-/m0/s1. The van der Waals surface area contributed by atoms with Crippen molar-refractivity contribution in [3.8, 4) is 0 Å². The molecule has 0 unspecified atom stereocenters. The first-order valence-electron chi connectivity index (χ1n) is 18.9. The van der Waals surface area contributed by atoms with Gasteiger partial charge in [-0.05, 0) is 151 Å². The van der Waals surface area contributed by atoms with Crippen LogP contribution in [0.2, 0.25) is 0 Å². The molecule has 1 aromatic heterocycles. The van der Waals surface area contributed by atoms with Crippen LogP contribution in [0.5, 0.6) is 0 Å². The molecule has 5 aliphatic rings. The summed E-state index contributed by atoms with van der Waals surface area (Å²) in [7, 11) is -3.73. The van der Waals surface area contributed by atoms with Crippen molar-refractivity contribution in [1.82, 2.24) is 10.0 Å². The van der Waals surface area contributed by atoms with Crippen LogP contribution in [0.1, 0.15) is 115 Å². The molecule has 7 rings (SSSR count). The first-order chi connectivity index (χ1) is 23.9. The molecule has 9 atom stereocenters. The third-order valence-corrected chi connectivity index (χ3v) is 18.5. The smallest absolute Gasteiger partial charge is 0.335 e. The summed E-state index contributed by atoms with van der Waals surface area (Å²) in [6, 6.07) is 10.7. The van der Waals surface area contributed by atoms with Gasteiger partial charge in [0.1, 0.15) is 4.21 Å². The Morgan fingerprint density at radius 1 is 0.922 bits per heavy atom. The van der Waals surface area contributed by atoms with E-state index in [1.807, 2.05) is 12.1 Å². The number of sulfonamides is 1. The summed E-state index contributed by atoms with van der Waals surface area (Å²) >= 11 is 1.15. The molecule has 51 heavy (non-hydrogen) atoms. The number of carbonyl (C=O) groups excluding carboxylic acids is 1. The molecule has 1 aromatic carbocycles. The molecule has 2 aromatic rings. The van der Waals surface area contributed by atoms with E-state index in [4.69, 9.17) is 0 Å². The van der Waals surface area contributed by atoms with Crippen LogP contribution in [0.15, 0.2) is 64.2 Å².